The number of aliphatic hydroxyl groups excluding tert-OH is 2. The van der Waals surface area contributed by atoms with Gasteiger partial charge in [0.2, 0.25) is 0 Å². The molecule has 0 radical (unpaired) electrons. The van der Waals surface area contributed by atoms with E-state index in [0.717, 1.165) is 19.3 Å². The molecule has 0 aromatic heterocycles. The summed E-state index contributed by atoms with van der Waals surface area (Å²) in [6.07, 6.45) is 13.6. The third-order valence-corrected chi connectivity index (χ3v) is 7.37. The van der Waals surface area contributed by atoms with Gasteiger partial charge in [-0.25, -0.2) is 0 Å². The number of aliphatic hydroxyl groups is 3. The summed E-state index contributed by atoms with van der Waals surface area (Å²) in [5.41, 5.74) is 2.48. The first kappa shape index (κ1) is 23.6. The fourth-order valence-corrected chi connectivity index (χ4v) is 5.28. The lowest BCUT2D eigenvalue weighted by atomic mass is 9.62. The van der Waals surface area contributed by atoms with Gasteiger partial charge in [0.1, 0.15) is 0 Å². The first-order valence-corrected chi connectivity index (χ1v) is 11.4. The third-order valence-electron chi connectivity index (χ3n) is 7.37. The van der Waals surface area contributed by atoms with E-state index < -0.39 is 17.8 Å². The number of hydrogen-bond acceptors (Lipinski definition) is 3. The van der Waals surface area contributed by atoms with E-state index in [9.17, 15) is 15.3 Å². The van der Waals surface area contributed by atoms with Crippen molar-refractivity contribution in [2.24, 2.45) is 17.3 Å². The van der Waals surface area contributed by atoms with Crippen LogP contribution in [0.15, 0.2) is 23.3 Å². The van der Waals surface area contributed by atoms with Gasteiger partial charge in [-0.2, -0.15) is 0 Å². The van der Waals surface area contributed by atoms with Gasteiger partial charge >= 0.3 is 0 Å². The molecule has 2 aliphatic rings. The van der Waals surface area contributed by atoms with Gasteiger partial charge < -0.3 is 15.3 Å². The highest BCUT2D eigenvalue weighted by Gasteiger charge is 2.36. The van der Waals surface area contributed by atoms with E-state index in [-0.39, 0.29) is 0 Å². The van der Waals surface area contributed by atoms with Crippen molar-refractivity contribution in [3.63, 3.8) is 0 Å². The van der Waals surface area contributed by atoms with Gasteiger partial charge in [-0.1, -0.05) is 56.9 Å². The highest BCUT2D eigenvalue weighted by atomic mass is 16.3. The van der Waals surface area contributed by atoms with E-state index in [0.29, 0.717) is 36.5 Å². The quantitative estimate of drug-likeness (QED) is 0.533. The summed E-state index contributed by atoms with van der Waals surface area (Å²) < 4.78 is 0. The Kier molecular flexibility index (Phi) is 8.37. The van der Waals surface area contributed by atoms with Gasteiger partial charge in [0.05, 0.1) is 17.8 Å². The zero-order valence-corrected chi connectivity index (χ0v) is 18.9. The van der Waals surface area contributed by atoms with Gasteiger partial charge in [0.25, 0.3) is 0 Å². The van der Waals surface area contributed by atoms with Crippen molar-refractivity contribution in [3.05, 3.63) is 23.3 Å². The Hall–Kier alpha value is -0.640. The summed E-state index contributed by atoms with van der Waals surface area (Å²) in [7, 11) is 0. The fraction of sp³-hybridized carbons (Fsp3) is 0.840. The topological polar surface area (TPSA) is 60.7 Å². The van der Waals surface area contributed by atoms with E-state index in [1.54, 1.807) is 0 Å². The molecule has 0 spiro atoms. The largest absolute Gasteiger partial charge is 0.393 e. The molecule has 0 aromatic carbocycles. The standard InChI is InChI=1S/C25H44O3/c1-18(8-6-12-24(3,4)28)19(2)25(5)13-7-9-20(17-25)10-11-21-14-22(26)16-23(27)15-21/h10-11,18-19,22-23,26-28H,6-9,12-17H2,1-5H3/b20-10+/t18-,19-,22-,23-,25+/m1/s1. The van der Waals surface area contributed by atoms with Gasteiger partial charge in [0, 0.05) is 0 Å². The minimum atomic E-state index is -0.554. The second-order valence-electron chi connectivity index (χ2n) is 10.8. The molecule has 2 saturated carbocycles. The van der Waals surface area contributed by atoms with Crippen molar-refractivity contribution in [2.75, 3.05) is 0 Å². The molecule has 0 unspecified atom stereocenters. The molecule has 3 nitrogen and oxygen atoms in total. The van der Waals surface area contributed by atoms with E-state index in [2.05, 4.69) is 32.9 Å². The first-order chi connectivity index (χ1) is 13.0. The zero-order chi connectivity index (χ0) is 20.9. The lowest BCUT2D eigenvalue weighted by Crippen LogP contribution is -2.33. The SMILES string of the molecule is C[C@H](CCCC(C)(C)O)[C@@H](C)[C@@]1(C)CCC/C(=C\C=C2C[C@@H](O)C[C@H](O)C2)C1. The average Bonchev–Trinajstić information content (AvgIpc) is 2.57. The number of rotatable bonds is 7. The highest BCUT2D eigenvalue weighted by Crippen LogP contribution is 2.48. The van der Waals surface area contributed by atoms with Gasteiger partial charge in [-0.3, -0.25) is 0 Å². The maximum absolute atomic E-state index is 9.96. The predicted octanol–water partition coefficient (Wildman–Crippen LogP) is 5.54. The summed E-state index contributed by atoms with van der Waals surface area (Å²) in [4.78, 5) is 0. The number of allylic oxidation sites excluding steroid dienone is 3. The van der Waals surface area contributed by atoms with Crippen LogP contribution in [0.25, 0.3) is 0 Å². The Labute approximate surface area is 172 Å². The van der Waals surface area contributed by atoms with Gasteiger partial charge in [0.15, 0.2) is 0 Å². The average molecular weight is 393 g/mol. The van der Waals surface area contributed by atoms with Crippen LogP contribution in [-0.4, -0.2) is 33.1 Å². The fourth-order valence-electron chi connectivity index (χ4n) is 5.28. The molecule has 3 heteroatoms. The molecule has 3 N–H and O–H groups in total. The Morgan fingerprint density at radius 2 is 1.71 bits per heavy atom. The van der Waals surface area contributed by atoms with E-state index in [4.69, 9.17) is 0 Å². The molecule has 2 aliphatic carbocycles. The minimum absolute atomic E-state index is 0.336. The maximum atomic E-state index is 9.96. The minimum Gasteiger partial charge on any atom is -0.393 e. The van der Waals surface area contributed by atoms with Crippen molar-refractivity contribution in [1.82, 2.24) is 0 Å². The van der Waals surface area contributed by atoms with Crippen molar-refractivity contribution in [1.29, 1.82) is 0 Å². The smallest absolute Gasteiger partial charge is 0.0602 e. The lowest BCUT2D eigenvalue weighted by Gasteiger charge is -2.43. The van der Waals surface area contributed by atoms with Crippen molar-refractivity contribution in [2.45, 2.75) is 117 Å². The normalized spacial score (nSPS) is 33.0. The summed E-state index contributed by atoms with van der Waals surface area (Å²) in [6, 6.07) is 0. The molecule has 0 saturated heterocycles. The molecule has 0 aliphatic heterocycles. The first-order valence-electron chi connectivity index (χ1n) is 11.4. The monoisotopic (exact) mass is 392 g/mol. The summed E-state index contributed by atoms with van der Waals surface area (Å²) in [5, 5.41) is 29.7. The number of hydrogen-bond donors (Lipinski definition) is 3. The van der Waals surface area contributed by atoms with Crippen LogP contribution in [0, 0.1) is 17.3 Å². The van der Waals surface area contributed by atoms with Crippen molar-refractivity contribution >= 4 is 0 Å². The van der Waals surface area contributed by atoms with Crippen molar-refractivity contribution in [3.8, 4) is 0 Å². The molecule has 0 bridgehead atoms. The van der Waals surface area contributed by atoms with E-state index in [1.807, 2.05) is 13.8 Å². The van der Waals surface area contributed by atoms with Gasteiger partial charge in [-0.05, 0) is 82.5 Å². The molecule has 28 heavy (non-hydrogen) atoms. The molecular formula is C25H44O3. The highest BCUT2D eigenvalue weighted by molar-refractivity contribution is 5.22. The molecule has 5 atom stereocenters. The van der Waals surface area contributed by atoms with E-state index in [1.165, 1.54) is 36.8 Å². The molecule has 0 aromatic rings. The predicted molar refractivity (Wildman–Crippen MR) is 117 cm³/mol. The van der Waals surface area contributed by atoms with E-state index >= 15 is 0 Å². The van der Waals surface area contributed by atoms with Crippen LogP contribution in [0.2, 0.25) is 0 Å². The van der Waals surface area contributed by atoms with Gasteiger partial charge in [-0.15, -0.1) is 0 Å². The Morgan fingerprint density at radius 1 is 1.11 bits per heavy atom. The molecule has 0 amide bonds. The van der Waals surface area contributed by atoms with Crippen molar-refractivity contribution < 1.29 is 15.3 Å². The second-order valence-corrected chi connectivity index (χ2v) is 10.8. The Balaban J connectivity index is 1.95. The third kappa shape index (κ3) is 7.31. The molecule has 0 heterocycles. The summed E-state index contributed by atoms with van der Waals surface area (Å²) >= 11 is 0. The Morgan fingerprint density at radius 3 is 2.32 bits per heavy atom. The summed E-state index contributed by atoms with van der Waals surface area (Å²) in [6.45, 7) is 11.1. The second kappa shape index (κ2) is 9.91. The van der Waals surface area contributed by atoms with Crippen LogP contribution in [0.3, 0.4) is 0 Å². The van der Waals surface area contributed by atoms with Crippen LogP contribution < -0.4 is 0 Å². The maximum Gasteiger partial charge on any atom is 0.0602 e. The Bertz CT molecular complexity index is 545. The van der Waals surface area contributed by atoms with Crippen LogP contribution in [0.1, 0.15) is 98.8 Å². The summed E-state index contributed by atoms with van der Waals surface area (Å²) in [5.74, 6) is 1.32. The molecule has 2 fully saturated rings. The van der Waals surface area contributed by atoms with Crippen LogP contribution in [0.5, 0.6) is 0 Å². The molecule has 162 valence electrons. The lowest BCUT2D eigenvalue weighted by molar-refractivity contribution is 0.0600. The van der Waals surface area contributed by atoms with Crippen LogP contribution in [0.4, 0.5) is 0 Å². The molecular weight excluding hydrogens is 348 g/mol. The van der Waals surface area contributed by atoms with Crippen LogP contribution >= 0.6 is 0 Å². The van der Waals surface area contributed by atoms with Crippen LogP contribution in [-0.2, 0) is 0 Å². The zero-order valence-electron chi connectivity index (χ0n) is 18.9. The molecule has 2 rings (SSSR count).